The first kappa shape index (κ1) is 17.7. The molecule has 0 spiro atoms. The van der Waals surface area contributed by atoms with Crippen molar-refractivity contribution in [3.63, 3.8) is 0 Å². The van der Waals surface area contributed by atoms with E-state index in [4.69, 9.17) is 4.52 Å². The molecule has 0 saturated heterocycles. The molecule has 7 heteroatoms. The van der Waals surface area contributed by atoms with Crippen LogP contribution in [0.1, 0.15) is 49.5 Å². The summed E-state index contributed by atoms with van der Waals surface area (Å²) < 4.78 is 5.10. The average molecular weight is 331 g/mol. The summed E-state index contributed by atoms with van der Waals surface area (Å²) in [4.78, 5) is 27.6. The molecule has 2 rings (SSSR count). The number of nitrogens with zero attached hydrogens (tertiary/aromatic N) is 2. The summed E-state index contributed by atoms with van der Waals surface area (Å²) >= 11 is 0. The number of amides is 1. The van der Waals surface area contributed by atoms with Crippen molar-refractivity contribution < 1.29 is 19.2 Å². The van der Waals surface area contributed by atoms with Gasteiger partial charge in [-0.2, -0.15) is 4.98 Å². The summed E-state index contributed by atoms with van der Waals surface area (Å²) in [5.41, 5.74) is 0.541. The topological polar surface area (TPSA) is 105 Å². The monoisotopic (exact) mass is 331 g/mol. The molecule has 0 aliphatic carbocycles. The first-order valence-electron chi connectivity index (χ1n) is 7.98. The van der Waals surface area contributed by atoms with E-state index in [1.807, 2.05) is 6.92 Å². The molecule has 2 aromatic rings. The molecule has 0 unspecified atom stereocenters. The molecule has 0 fully saturated rings. The molecule has 1 heterocycles. The van der Waals surface area contributed by atoms with Crippen LogP contribution in [0.5, 0.6) is 0 Å². The maximum absolute atomic E-state index is 12.0. The molecule has 0 saturated carbocycles. The normalized spacial score (nSPS) is 11.9. The summed E-state index contributed by atoms with van der Waals surface area (Å²) in [7, 11) is 0. The zero-order valence-corrected chi connectivity index (χ0v) is 13.6. The van der Waals surface area contributed by atoms with E-state index >= 15 is 0 Å². The van der Waals surface area contributed by atoms with Gasteiger partial charge in [-0.25, -0.2) is 4.79 Å². The van der Waals surface area contributed by atoms with Crippen LogP contribution in [0.3, 0.4) is 0 Å². The Hall–Kier alpha value is -2.70. The molecule has 1 aromatic heterocycles. The van der Waals surface area contributed by atoms with Crippen LogP contribution < -0.4 is 5.32 Å². The molecule has 0 aliphatic rings. The van der Waals surface area contributed by atoms with Crippen LogP contribution >= 0.6 is 0 Å². The second-order valence-electron chi connectivity index (χ2n) is 5.46. The first-order chi connectivity index (χ1) is 11.6. The largest absolute Gasteiger partial charge is 0.479 e. The van der Waals surface area contributed by atoms with Gasteiger partial charge in [0.05, 0.1) is 0 Å². The number of benzene rings is 1. The molecule has 2 N–H and O–H groups in total. The molecule has 1 aromatic carbocycles. The van der Waals surface area contributed by atoms with Gasteiger partial charge in [0.2, 0.25) is 11.8 Å². The van der Waals surface area contributed by atoms with Crippen molar-refractivity contribution in [3.8, 4) is 0 Å². The highest BCUT2D eigenvalue weighted by Gasteiger charge is 2.21. The summed E-state index contributed by atoms with van der Waals surface area (Å²) in [6.07, 6.45) is 2.91. The summed E-state index contributed by atoms with van der Waals surface area (Å²) in [6.45, 7) is 2.03. The number of carbonyl (C=O) groups is 2. The minimum Gasteiger partial charge on any atom is -0.479 e. The van der Waals surface area contributed by atoms with E-state index in [0.29, 0.717) is 30.1 Å². The average Bonchev–Trinajstić information content (AvgIpc) is 3.01. The lowest BCUT2D eigenvalue weighted by molar-refractivity contribution is -0.142. The van der Waals surface area contributed by atoms with Crippen molar-refractivity contribution in [3.05, 3.63) is 47.6 Å². The molecular weight excluding hydrogens is 310 g/mol. The van der Waals surface area contributed by atoms with E-state index in [1.165, 1.54) is 0 Å². The number of carbonyl (C=O) groups excluding carboxylic acids is 1. The highest BCUT2D eigenvalue weighted by atomic mass is 16.5. The third kappa shape index (κ3) is 5.19. The van der Waals surface area contributed by atoms with Gasteiger partial charge in [0, 0.05) is 19.3 Å². The Labute approximate surface area is 140 Å². The molecule has 7 nitrogen and oxygen atoms in total. The van der Waals surface area contributed by atoms with Crippen molar-refractivity contribution >= 4 is 11.9 Å². The predicted octanol–water partition coefficient (Wildman–Crippen LogP) is 2.29. The molecule has 128 valence electrons. The fourth-order valence-corrected chi connectivity index (χ4v) is 2.28. The third-order valence-corrected chi connectivity index (χ3v) is 3.46. The van der Waals surface area contributed by atoms with Gasteiger partial charge >= 0.3 is 5.97 Å². The third-order valence-electron chi connectivity index (χ3n) is 3.46. The van der Waals surface area contributed by atoms with E-state index in [9.17, 15) is 14.7 Å². The van der Waals surface area contributed by atoms with Gasteiger partial charge < -0.3 is 14.9 Å². The highest BCUT2D eigenvalue weighted by Crippen LogP contribution is 2.13. The molecule has 0 radical (unpaired) electrons. The number of hydrogen-bond donors (Lipinski definition) is 2. The van der Waals surface area contributed by atoms with Crippen LogP contribution in [0.25, 0.3) is 0 Å². The van der Waals surface area contributed by atoms with Crippen LogP contribution in [0.15, 0.2) is 34.9 Å². The number of rotatable bonds is 9. The Morgan fingerprint density at radius 3 is 2.67 bits per heavy atom. The maximum Gasteiger partial charge on any atom is 0.330 e. The van der Waals surface area contributed by atoms with Crippen molar-refractivity contribution in [2.45, 2.75) is 45.1 Å². The smallest absolute Gasteiger partial charge is 0.330 e. The van der Waals surface area contributed by atoms with Gasteiger partial charge in [-0.05, 0) is 18.4 Å². The van der Waals surface area contributed by atoms with Crippen LogP contribution in [0, 0.1) is 0 Å². The Kier molecular flexibility index (Phi) is 6.48. The Balaban J connectivity index is 1.82. The Morgan fingerprint density at radius 1 is 1.25 bits per heavy atom. The standard InChI is InChI=1S/C17H21N3O4/c1-2-7-13-18-15(24-20-13)11-6-10-14(21)19-16(17(22)23)12-8-4-3-5-9-12/h3-5,8-9,16H,2,6-7,10-11H2,1H3,(H,19,21)(H,22,23)/t16-/m0/s1. The summed E-state index contributed by atoms with van der Waals surface area (Å²) in [5, 5.41) is 15.7. The number of carboxylic acids is 1. The number of nitrogens with one attached hydrogen (secondary N) is 1. The fourth-order valence-electron chi connectivity index (χ4n) is 2.28. The van der Waals surface area contributed by atoms with Crippen molar-refractivity contribution in [2.24, 2.45) is 0 Å². The van der Waals surface area contributed by atoms with Crippen molar-refractivity contribution in [1.82, 2.24) is 15.5 Å². The minimum absolute atomic E-state index is 0.197. The molecule has 24 heavy (non-hydrogen) atoms. The lowest BCUT2D eigenvalue weighted by Gasteiger charge is -2.14. The van der Waals surface area contributed by atoms with Gasteiger partial charge in [0.1, 0.15) is 0 Å². The highest BCUT2D eigenvalue weighted by molar-refractivity contribution is 5.84. The SMILES string of the molecule is CCCc1noc(CCCC(=O)N[C@H](C(=O)O)c2ccccc2)n1. The van der Waals surface area contributed by atoms with Gasteiger partial charge in [-0.15, -0.1) is 0 Å². The van der Waals surface area contributed by atoms with Crippen LogP contribution in [0.4, 0.5) is 0 Å². The van der Waals surface area contributed by atoms with Crippen LogP contribution in [-0.2, 0) is 22.4 Å². The number of carboxylic acid groups (broad SMARTS) is 1. The predicted molar refractivity (Wildman–Crippen MR) is 86.2 cm³/mol. The number of aryl methyl sites for hydroxylation is 2. The van der Waals surface area contributed by atoms with E-state index < -0.39 is 12.0 Å². The number of aliphatic carboxylic acids is 1. The number of hydrogen-bond acceptors (Lipinski definition) is 5. The molecular formula is C17H21N3O4. The Morgan fingerprint density at radius 2 is 2.00 bits per heavy atom. The summed E-state index contributed by atoms with van der Waals surface area (Å²) in [5.74, 6) is -0.230. The minimum atomic E-state index is -1.09. The zero-order chi connectivity index (χ0) is 17.4. The Bertz CT molecular complexity index is 669. The van der Waals surface area contributed by atoms with Crippen LogP contribution in [0.2, 0.25) is 0 Å². The van der Waals surface area contributed by atoms with E-state index in [2.05, 4.69) is 15.5 Å². The van der Waals surface area contributed by atoms with Gasteiger partial charge in [0.15, 0.2) is 11.9 Å². The zero-order valence-electron chi connectivity index (χ0n) is 13.6. The molecule has 1 amide bonds. The lowest BCUT2D eigenvalue weighted by Crippen LogP contribution is -2.33. The fraction of sp³-hybridized carbons (Fsp3) is 0.412. The maximum atomic E-state index is 12.0. The second-order valence-corrected chi connectivity index (χ2v) is 5.46. The molecule has 0 bridgehead atoms. The van der Waals surface area contributed by atoms with E-state index in [0.717, 1.165) is 12.8 Å². The first-order valence-corrected chi connectivity index (χ1v) is 7.98. The van der Waals surface area contributed by atoms with Crippen LogP contribution in [-0.4, -0.2) is 27.1 Å². The molecule has 1 atom stereocenters. The number of aromatic nitrogens is 2. The second kappa shape index (κ2) is 8.81. The van der Waals surface area contributed by atoms with Gasteiger partial charge in [0.25, 0.3) is 0 Å². The van der Waals surface area contributed by atoms with Crippen molar-refractivity contribution in [1.29, 1.82) is 0 Å². The van der Waals surface area contributed by atoms with Gasteiger partial charge in [-0.1, -0.05) is 42.4 Å². The van der Waals surface area contributed by atoms with Crippen molar-refractivity contribution in [2.75, 3.05) is 0 Å². The van der Waals surface area contributed by atoms with Gasteiger partial charge in [-0.3, -0.25) is 4.79 Å². The summed E-state index contributed by atoms with van der Waals surface area (Å²) in [6, 6.07) is 7.57. The van der Waals surface area contributed by atoms with E-state index in [-0.39, 0.29) is 12.3 Å². The lowest BCUT2D eigenvalue weighted by atomic mass is 10.1. The van der Waals surface area contributed by atoms with E-state index in [1.54, 1.807) is 30.3 Å². The molecule has 0 aliphatic heterocycles. The quantitative estimate of drug-likeness (QED) is 0.730.